The highest BCUT2D eigenvalue weighted by Gasteiger charge is 2.47. The molecule has 57 valence electrons. The highest BCUT2D eigenvalue weighted by Crippen LogP contribution is 2.26. The average Bonchev–Trinajstić information content (AvgIpc) is 2.06. The molecule has 0 heterocycles. The second-order valence-corrected chi connectivity index (χ2v) is 2.57. The maximum Gasteiger partial charge on any atom is 0.557 e. The first kappa shape index (κ1) is 8.20. The van der Waals surface area contributed by atoms with Gasteiger partial charge < -0.3 is 0 Å². The van der Waals surface area contributed by atoms with Crippen molar-refractivity contribution in [3.05, 3.63) is 35.9 Å². The minimum Gasteiger partial charge on any atom is -0.138 e. The summed E-state index contributed by atoms with van der Waals surface area (Å²) in [5.41, 5.74) is -0.281. The SMILES string of the molecule is O=[S+]C(F)(F)c1cc[c]cc1. The lowest BCUT2D eigenvalue weighted by Crippen LogP contribution is -2.10. The summed E-state index contributed by atoms with van der Waals surface area (Å²) < 4.78 is 35.0. The molecule has 0 aromatic heterocycles. The van der Waals surface area contributed by atoms with Gasteiger partial charge in [0.2, 0.25) is 0 Å². The molecular weight excluding hydrogens is 170 g/mol. The van der Waals surface area contributed by atoms with Crippen LogP contribution in [0.3, 0.4) is 0 Å². The Kier molecular flexibility index (Phi) is 2.24. The molecule has 11 heavy (non-hydrogen) atoms. The van der Waals surface area contributed by atoms with Crippen LogP contribution < -0.4 is 0 Å². The van der Waals surface area contributed by atoms with Crippen molar-refractivity contribution in [2.24, 2.45) is 0 Å². The largest absolute Gasteiger partial charge is 0.557 e. The Morgan fingerprint density at radius 1 is 1.36 bits per heavy atom. The summed E-state index contributed by atoms with van der Waals surface area (Å²) in [4.78, 5) is 0. The molecule has 0 atom stereocenters. The summed E-state index contributed by atoms with van der Waals surface area (Å²) in [6, 6.07) is 7.62. The quantitative estimate of drug-likeness (QED) is 0.626. The predicted octanol–water partition coefficient (Wildman–Crippen LogP) is 1.96. The van der Waals surface area contributed by atoms with E-state index in [1.165, 1.54) is 24.3 Å². The van der Waals surface area contributed by atoms with Crippen molar-refractivity contribution in [1.82, 2.24) is 0 Å². The average molecular weight is 174 g/mol. The summed E-state index contributed by atoms with van der Waals surface area (Å²) >= 11 is -0.717. The van der Waals surface area contributed by atoms with Crippen molar-refractivity contribution in [2.45, 2.75) is 5.25 Å². The number of rotatable bonds is 2. The van der Waals surface area contributed by atoms with Gasteiger partial charge in [0.25, 0.3) is 0 Å². The first-order valence-corrected chi connectivity index (χ1v) is 3.56. The van der Waals surface area contributed by atoms with E-state index in [2.05, 4.69) is 6.07 Å². The normalized spacial score (nSPS) is 11.1. The van der Waals surface area contributed by atoms with E-state index in [9.17, 15) is 13.0 Å². The lowest BCUT2D eigenvalue weighted by atomic mass is 10.2. The third-order valence-corrected chi connectivity index (χ3v) is 1.60. The van der Waals surface area contributed by atoms with Crippen molar-refractivity contribution >= 4 is 11.7 Å². The first-order chi connectivity index (χ1) is 5.17. The highest BCUT2D eigenvalue weighted by atomic mass is 32.1. The molecule has 1 nitrogen and oxygen atoms in total. The molecule has 0 saturated carbocycles. The summed E-state index contributed by atoms with van der Waals surface area (Å²) in [6.45, 7) is 0. The molecule has 1 aromatic carbocycles. The van der Waals surface area contributed by atoms with E-state index in [1.807, 2.05) is 0 Å². The number of hydrogen-bond acceptors (Lipinski definition) is 1. The minimum atomic E-state index is -3.32. The molecule has 1 radical (unpaired) electrons. The standard InChI is InChI=1S/C7H4F2OS/c8-7(9,11-10)6-4-2-1-3-5-6/h2-5H/q+1. The zero-order valence-corrected chi connectivity index (χ0v) is 6.20. The lowest BCUT2D eigenvalue weighted by Gasteiger charge is -1.95. The summed E-state index contributed by atoms with van der Waals surface area (Å²) in [5, 5.41) is -3.32. The van der Waals surface area contributed by atoms with Crippen LogP contribution >= 0.6 is 0 Å². The number of halogens is 2. The Balaban J connectivity index is 3.02. The van der Waals surface area contributed by atoms with Gasteiger partial charge in [0.05, 0.1) is 5.56 Å². The molecule has 0 N–H and O–H groups in total. The van der Waals surface area contributed by atoms with Gasteiger partial charge >= 0.3 is 16.9 Å². The molecule has 0 aliphatic heterocycles. The van der Waals surface area contributed by atoms with Gasteiger partial charge in [0, 0.05) is 4.21 Å². The van der Waals surface area contributed by atoms with E-state index in [0.29, 0.717) is 0 Å². The predicted molar refractivity (Wildman–Crippen MR) is 37.2 cm³/mol. The van der Waals surface area contributed by atoms with Crippen LogP contribution in [0.15, 0.2) is 24.3 Å². The summed E-state index contributed by atoms with van der Waals surface area (Å²) in [5.74, 6) is 0. The van der Waals surface area contributed by atoms with E-state index < -0.39 is 16.9 Å². The first-order valence-electron chi connectivity index (χ1n) is 2.82. The third-order valence-electron chi connectivity index (χ3n) is 1.16. The molecule has 1 rings (SSSR count). The molecule has 0 bridgehead atoms. The van der Waals surface area contributed by atoms with E-state index >= 15 is 0 Å². The van der Waals surface area contributed by atoms with Crippen LogP contribution in [0.2, 0.25) is 0 Å². The van der Waals surface area contributed by atoms with Crippen molar-refractivity contribution in [1.29, 1.82) is 0 Å². The Morgan fingerprint density at radius 2 is 1.91 bits per heavy atom. The zero-order valence-electron chi connectivity index (χ0n) is 5.38. The van der Waals surface area contributed by atoms with Crippen molar-refractivity contribution in [2.75, 3.05) is 0 Å². The topological polar surface area (TPSA) is 17.1 Å². The van der Waals surface area contributed by atoms with Crippen molar-refractivity contribution < 1.29 is 13.0 Å². The van der Waals surface area contributed by atoms with Gasteiger partial charge in [-0.05, 0) is 18.2 Å². The molecule has 4 heteroatoms. The summed E-state index contributed by atoms with van der Waals surface area (Å²) in [7, 11) is 0. The maximum absolute atomic E-state index is 12.5. The zero-order chi connectivity index (χ0) is 8.32. The molecule has 0 saturated heterocycles. The Morgan fingerprint density at radius 3 is 2.36 bits per heavy atom. The molecule has 0 spiro atoms. The molecule has 0 unspecified atom stereocenters. The van der Waals surface area contributed by atoms with Gasteiger partial charge in [-0.15, -0.1) is 8.78 Å². The number of alkyl halides is 2. The second kappa shape index (κ2) is 3.00. The van der Waals surface area contributed by atoms with E-state index in [1.54, 1.807) is 0 Å². The smallest absolute Gasteiger partial charge is 0.138 e. The number of benzene rings is 1. The molecule has 1 aromatic rings. The van der Waals surface area contributed by atoms with Crippen LogP contribution in [0.4, 0.5) is 8.78 Å². The second-order valence-electron chi connectivity index (χ2n) is 1.89. The minimum absolute atomic E-state index is 0.281. The lowest BCUT2D eigenvalue weighted by molar-refractivity contribution is 0.101. The maximum atomic E-state index is 12.5. The van der Waals surface area contributed by atoms with Crippen LogP contribution in [-0.2, 0) is 21.1 Å². The van der Waals surface area contributed by atoms with Crippen molar-refractivity contribution in [3.63, 3.8) is 0 Å². The molecule has 0 aliphatic carbocycles. The van der Waals surface area contributed by atoms with Gasteiger partial charge in [0.15, 0.2) is 0 Å². The fraction of sp³-hybridized carbons (Fsp3) is 0.143. The third kappa shape index (κ3) is 1.77. The van der Waals surface area contributed by atoms with Gasteiger partial charge in [-0.25, -0.2) is 0 Å². The van der Waals surface area contributed by atoms with E-state index in [-0.39, 0.29) is 5.56 Å². The monoisotopic (exact) mass is 174 g/mol. The Bertz CT molecular complexity index is 248. The van der Waals surface area contributed by atoms with Gasteiger partial charge in [-0.1, -0.05) is 12.1 Å². The number of hydrogen-bond donors (Lipinski definition) is 0. The van der Waals surface area contributed by atoms with Crippen LogP contribution in [0.25, 0.3) is 0 Å². The summed E-state index contributed by atoms with van der Waals surface area (Å²) in [6.07, 6.45) is 0. The van der Waals surface area contributed by atoms with E-state index in [4.69, 9.17) is 0 Å². The van der Waals surface area contributed by atoms with Gasteiger partial charge in [0.1, 0.15) is 0 Å². The fourth-order valence-electron chi connectivity index (χ4n) is 0.629. The van der Waals surface area contributed by atoms with Gasteiger partial charge in [-0.3, -0.25) is 0 Å². The van der Waals surface area contributed by atoms with Crippen LogP contribution in [0, 0.1) is 6.07 Å². The molecular formula is C7H4F2OS+. The van der Waals surface area contributed by atoms with Crippen LogP contribution in [0.5, 0.6) is 0 Å². The Hall–Kier alpha value is -0.900. The Labute approximate surface area is 66.5 Å². The molecule has 0 amide bonds. The highest BCUT2D eigenvalue weighted by molar-refractivity contribution is 7.66. The van der Waals surface area contributed by atoms with Crippen LogP contribution in [0.1, 0.15) is 5.56 Å². The van der Waals surface area contributed by atoms with Crippen LogP contribution in [-0.4, -0.2) is 0 Å². The van der Waals surface area contributed by atoms with Gasteiger partial charge in [-0.2, -0.15) is 0 Å². The molecule has 0 aliphatic rings. The molecule has 0 fully saturated rings. The van der Waals surface area contributed by atoms with E-state index in [0.717, 1.165) is 0 Å². The van der Waals surface area contributed by atoms with Crippen molar-refractivity contribution in [3.8, 4) is 0 Å². The fourth-order valence-corrected chi connectivity index (χ4v) is 0.861.